The van der Waals surface area contributed by atoms with Crippen LogP contribution in [0.4, 0.5) is 4.39 Å². The van der Waals surface area contributed by atoms with Crippen molar-refractivity contribution in [2.45, 2.75) is 36.9 Å². The normalized spacial score (nSPS) is 21.5. The summed E-state index contributed by atoms with van der Waals surface area (Å²) in [5.41, 5.74) is 3.01. The fourth-order valence-electron chi connectivity index (χ4n) is 5.46. The zero-order chi connectivity index (χ0) is 24.0. The van der Waals surface area contributed by atoms with Gasteiger partial charge in [-0.3, -0.25) is 0 Å². The van der Waals surface area contributed by atoms with Crippen LogP contribution in [0.5, 0.6) is 0 Å². The van der Waals surface area contributed by atoms with Crippen LogP contribution >= 0.6 is 11.8 Å². The maximum absolute atomic E-state index is 14.9. The van der Waals surface area contributed by atoms with Crippen LogP contribution in [0, 0.1) is 18.7 Å². The lowest BCUT2D eigenvalue weighted by Crippen LogP contribution is -2.28. The van der Waals surface area contributed by atoms with E-state index < -0.39 is 0 Å². The van der Waals surface area contributed by atoms with Gasteiger partial charge in [-0.25, -0.2) is 4.39 Å². The predicted octanol–water partition coefficient (Wildman–Crippen LogP) is 4.52. The molecule has 2 fully saturated rings. The number of hydrogen-bond donors (Lipinski definition) is 0. The summed E-state index contributed by atoms with van der Waals surface area (Å²) in [6, 6.07) is 9.86. The van der Waals surface area contributed by atoms with E-state index in [-0.39, 0.29) is 11.2 Å². The molecule has 4 heterocycles. The van der Waals surface area contributed by atoms with Crippen molar-refractivity contribution < 1.29 is 8.91 Å². The highest BCUT2D eigenvalue weighted by atomic mass is 32.2. The van der Waals surface area contributed by atoms with Gasteiger partial charge in [0.1, 0.15) is 5.82 Å². The summed E-state index contributed by atoms with van der Waals surface area (Å²) in [4.78, 5) is 2.54. The third-order valence-corrected chi connectivity index (χ3v) is 8.61. The van der Waals surface area contributed by atoms with Crippen molar-refractivity contribution in [2.24, 2.45) is 13.0 Å². The molecule has 0 bridgehead atoms. The lowest BCUT2D eigenvalue weighted by atomic mass is 9.93. The number of piperidine rings is 1. The van der Waals surface area contributed by atoms with Gasteiger partial charge >= 0.3 is 0 Å². The molecule has 0 N–H and O–H groups in total. The molecule has 182 valence electrons. The Bertz CT molecular complexity index is 1330. The molecule has 0 spiro atoms. The van der Waals surface area contributed by atoms with Crippen LogP contribution in [-0.4, -0.2) is 54.8 Å². The van der Waals surface area contributed by atoms with Crippen LogP contribution < -0.4 is 0 Å². The average Bonchev–Trinajstić information content (AvgIpc) is 3.37. The van der Waals surface area contributed by atoms with E-state index in [0.29, 0.717) is 24.0 Å². The minimum Gasteiger partial charge on any atom is -0.353 e. The summed E-state index contributed by atoms with van der Waals surface area (Å²) < 4.78 is 24.2. The molecule has 4 aromatic rings. The first-order valence-corrected chi connectivity index (χ1v) is 13.1. The lowest BCUT2D eigenvalue weighted by molar-refractivity contribution is 0.299. The van der Waals surface area contributed by atoms with Crippen LogP contribution in [0.25, 0.3) is 11.6 Å². The summed E-state index contributed by atoms with van der Waals surface area (Å²) in [6.45, 7) is 5.71. The van der Waals surface area contributed by atoms with Crippen molar-refractivity contribution in [3.8, 4) is 11.6 Å². The molecule has 1 aromatic carbocycles. The molecule has 1 aliphatic carbocycles. The van der Waals surface area contributed by atoms with Gasteiger partial charge in [0.2, 0.25) is 11.6 Å². The smallest absolute Gasteiger partial charge is 0.207 e. The third kappa shape index (κ3) is 4.21. The SMILES string of the molecule is Cc1cnoc1-c1nnc(SCCCN2C[C@H]3C[C@@]3(c3ccc(Cn4cccc4)c(F)c3)C2)n1C. The second-order valence-corrected chi connectivity index (χ2v) is 10.9. The molecule has 2 aliphatic rings. The summed E-state index contributed by atoms with van der Waals surface area (Å²) in [5, 5.41) is 13.3. The molecular formula is C26H29FN6OS. The summed E-state index contributed by atoms with van der Waals surface area (Å²) in [6.07, 6.45) is 7.88. The van der Waals surface area contributed by atoms with Crippen LogP contribution in [0.3, 0.4) is 0 Å². The molecule has 3 aromatic heterocycles. The zero-order valence-electron chi connectivity index (χ0n) is 20.0. The van der Waals surface area contributed by atoms with E-state index >= 15 is 0 Å². The van der Waals surface area contributed by atoms with Crippen LogP contribution in [0.1, 0.15) is 29.5 Å². The standard InChI is InChI=1S/C26H29FN6OS/c1-18-14-28-34-23(18)24-29-30-25(31(24)2)35-11-5-10-33-16-21-13-26(21,17-33)20-7-6-19(22(27)12-20)15-32-8-3-4-9-32/h3-4,6-9,12,14,21H,5,10-11,13,15-17H2,1-2H3/t21-,26+/m1/s1. The van der Waals surface area contributed by atoms with Crippen molar-refractivity contribution in [3.63, 3.8) is 0 Å². The Labute approximate surface area is 208 Å². The van der Waals surface area contributed by atoms with Gasteiger partial charge in [0.05, 0.1) is 6.20 Å². The lowest BCUT2D eigenvalue weighted by Gasteiger charge is -2.21. The van der Waals surface area contributed by atoms with E-state index in [0.717, 1.165) is 48.1 Å². The topological polar surface area (TPSA) is 64.9 Å². The van der Waals surface area contributed by atoms with Crippen molar-refractivity contribution in [3.05, 3.63) is 71.4 Å². The minimum atomic E-state index is -0.0883. The number of nitrogens with zero attached hydrogens (tertiary/aromatic N) is 6. The van der Waals surface area contributed by atoms with Crippen LogP contribution in [0.2, 0.25) is 0 Å². The van der Waals surface area contributed by atoms with Gasteiger partial charge in [0.15, 0.2) is 5.16 Å². The van der Waals surface area contributed by atoms with Crippen LogP contribution in [0.15, 0.2) is 58.6 Å². The molecular weight excluding hydrogens is 463 g/mol. The molecule has 35 heavy (non-hydrogen) atoms. The fourth-order valence-corrected chi connectivity index (χ4v) is 6.29. The number of aryl methyl sites for hydroxylation is 1. The van der Waals surface area contributed by atoms with Crippen molar-refractivity contribution in [1.82, 2.24) is 29.4 Å². The van der Waals surface area contributed by atoms with Gasteiger partial charge in [-0.15, -0.1) is 10.2 Å². The van der Waals surface area contributed by atoms with Gasteiger partial charge in [0, 0.05) is 61.4 Å². The first kappa shape index (κ1) is 22.5. The average molecular weight is 493 g/mol. The van der Waals surface area contributed by atoms with E-state index in [1.54, 1.807) is 24.0 Å². The van der Waals surface area contributed by atoms with E-state index in [2.05, 4.69) is 26.3 Å². The Morgan fingerprint density at radius 3 is 2.86 bits per heavy atom. The number of rotatable bonds is 9. The first-order chi connectivity index (χ1) is 17.0. The molecule has 1 saturated heterocycles. The molecule has 6 rings (SSSR count). The molecule has 0 unspecified atom stereocenters. The van der Waals surface area contributed by atoms with Crippen molar-refractivity contribution >= 4 is 11.8 Å². The molecule has 1 aliphatic heterocycles. The molecule has 0 radical (unpaired) electrons. The second kappa shape index (κ2) is 8.95. The molecule has 1 saturated carbocycles. The minimum absolute atomic E-state index is 0.0883. The fraction of sp³-hybridized carbons (Fsp3) is 0.423. The molecule has 9 heteroatoms. The van der Waals surface area contributed by atoms with Crippen molar-refractivity contribution in [2.75, 3.05) is 25.4 Å². The van der Waals surface area contributed by atoms with Gasteiger partial charge in [-0.1, -0.05) is 29.1 Å². The molecule has 0 amide bonds. The first-order valence-electron chi connectivity index (χ1n) is 12.1. The Morgan fingerprint density at radius 1 is 1.23 bits per heavy atom. The van der Waals surface area contributed by atoms with E-state index in [9.17, 15) is 4.39 Å². The number of aromatic nitrogens is 5. The number of halogens is 1. The molecule has 2 atom stereocenters. The van der Waals surface area contributed by atoms with E-state index in [4.69, 9.17) is 4.52 Å². The van der Waals surface area contributed by atoms with Gasteiger partial charge in [-0.2, -0.15) is 0 Å². The largest absolute Gasteiger partial charge is 0.353 e. The number of benzene rings is 1. The summed E-state index contributed by atoms with van der Waals surface area (Å²) in [7, 11) is 1.96. The maximum atomic E-state index is 14.9. The van der Waals surface area contributed by atoms with Gasteiger partial charge in [0.25, 0.3) is 0 Å². The monoisotopic (exact) mass is 492 g/mol. The van der Waals surface area contributed by atoms with E-state index in [1.165, 1.54) is 12.0 Å². The third-order valence-electron chi connectivity index (χ3n) is 7.50. The highest BCUT2D eigenvalue weighted by molar-refractivity contribution is 7.99. The number of hydrogen-bond acceptors (Lipinski definition) is 6. The quantitative estimate of drug-likeness (QED) is 0.253. The van der Waals surface area contributed by atoms with Crippen molar-refractivity contribution in [1.29, 1.82) is 0 Å². The highest BCUT2D eigenvalue weighted by Crippen LogP contribution is 2.59. The van der Waals surface area contributed by atoms with Crippen LogP contribution in [-0.2, 0) is 19.0 Å². The number of fused-ring (bicyclic) bond motifs is 1. The summed E-state index contributed by atoms with van der Waals surface area (Å²) >= 11 is 1.72. The summed E-state index contributed by atoms with van der Waals surface area (Å²) in [5.74, 6) is 2.90. The molecule has 7 nitrogen and oxygen atoms in total. The Kier molecular flexibility index (Phi) is 5.76. The zero-order valence-corrected chi connectivity index (χ0v) is 20.8. The number of likely N-dealkylation sites (tertiary alicyclic amines) is 1. The van der Waals surface area contributed by atoms with Gasteiger partial charge < -0.3 is 18.6 Å². The van der Waals surface area contributed by atoms with Gasteiger partial charge in [-0.05, 0) is 56.0 Å². The van der Waals surface area contributed by atoms with E-state index in [1.807, 2.05) is 53.7 Å². The Morgan fingerprint density at radius 2 is 2.09 bits per heavy atom. The Hall–Kier alpha value is -2.91. The maximum Gasteiger partial charge on any atom is 0.207 e. The Balaban J connectivity index is 1.02. The highest BCUT2D eigenvalue weighted by Gasteiger charge is 2.60. The predicted molar refractivity (Wildman–Crippen MR) is 133 cm³/mol. The second-order valence-electron chi connectivity index (χ2n) is 9.86. The number of thioether (sulfide) groups is 1.